The van der Waals surface area contributed by atoms with E-state index in [0.29, 0.717) is 26.4 Å². The molecule has 0 spiro atoms. The SMILES string of the molecule is COc1cccc(Nc2nc(C)c(C(=O)Nc3cccc(Cl)c3)s2)c1. The van der Waals surface area contributed by atoms with Gasteiger partial charge < -0.3 is 15.4 Å². The number of aryl methyl sites for hydroxylation is 1. The lowest BCUT2D eigenvalue weighted by Crippen LogP contribution is -2.11. The van der Waals surface area contributed by atoms with Crippen molar-refractivity contribution in [3.63, 3.8) is 0 Å². The van der Waals surface area contributed by atoms with Crippen molar-refractivity contribution >= 4 is 45.4 Å². The Balaban J connectivity index is 1.76. The summed E-state index contributed by atoms with van der Waals surface area (Å²) in [5, 5.41) is 7.24. The highest BCUT2D eigenvalue weighted by Gasteiger charge is 2.16. The van der Waals surface area contributed by atoms with Gasteiger partial charge in [0, 0.05) is 22.5 Å². The first-order valence-corrected chi connectivity index (χ1v) is 8.70. The summed E-state index contributed by atoms with van der Waals surface area (Å²) in [6.45, 7) is 1.81. The van der Waals surface area contributed by atoms with Crippen molar-refractivity contribution in [2.75, 3.05) is 17.7 Å². The number of rotatable bonds is 5. The number of halogens is 1. The Morgan fingerprint density at radius 1 is 1.16 bits per heavy atom. The lowest BCUT2D eigenvalue weighted by Gasteiger charge is -2.05. The van der Waals surface area contributed by atoms with Crippen LogP contribution in [0.4, 0.5) is 16.5 Å². The molecule has 1 heterocycles. The fraction of sp³-hybridized carbons (Fsp3) is 0.111. The second-order valence-corrected chi connectivity index (χ2v) is 6.69. The molecular weight excluding hydrogens is 358 g/mol. The summed E-state index contributed by atoms with van der Waals surface area (Å²) in [6, 6.07) is 14.5. The molecule has 1 amide bonds. The molecule has 3 rings (SSSR count). The van der Waals surface area contributed by atoms with Gasteiger partial charge in [0.1, 0.15) is 10.6 Å². The van der Waals surface area contributed by atoms with Gasteiger partial charge in [0.2, 0.25) is 0 Å². The summed E-state index contributed by atoms with van der Waals surface area (Å²) >= 11 is 7.23. The van der Waals surface area contributed by atoms with Crippen LogP contribution in [0.15, 0.2) is 48.5 Å². The highest BCUT2D eigenvalue weighted by molar-refractivity contribution is 7.17. The molecule has 0 aliphatic rings. The van der Waals surface area contributed by atoms with Gasteiger partial charge >= 0.3 is 0 Å². The normalized spacial score (nSPS) is 10.4. The zero-order valence-electron chi connectivity index (χ0n) is 13.7. The summed E-state index contributed by atoms with van der Waals surface area (Å²) in [5.41, 5.74) is 2.15. The van der Waals surface area contributed by atoms with E-state index in [1.165, 1.54) is 11.3 Å². The number of hydrogen-bond donors (Lipinski definition) is 2. The summed E-state index contributed by atoms with van der Waals surface area (Å²) < 4.78 is 5.20. The van der Waals surface area contributed by atoms with Gasteiger partial charge in [0.25, 0.3) is 5.91 Å². The van der Waals surface area contributed by atoms with Crippen molar-refractivity contribution < 1.29 is 9.53 Å². The third-order valence-corrected chi connectivity index (χ3v) is 4.71. The summed E-state index contributed by atoms with van der Waals surface area (Å²) in [5.74, 6) is 0.535. The molecule has 0 bridgehead atoms. The number of carbonyl (C=O) groups excluding carboxylic acids is 1. The first-order valence-electron chi connectivity index (χ1n) is 7.50. The maximum absolute atomic E-state index is 12.5. The molecule has 0 aliphatic carbocycles. The molecule has 0 atom stereocenters. The quantitative estimate of drug-likeness (QED) is 0.652. The molecular formula is C18H16ClN3O2S. The maximum Gasteiger partial charge on any atom is 0.267 e. The van der Waals surface area contributed by atoms with Crippen molar-refractivity contribution in [1.82, 2.24) is 4.98 Å². The predicted octanol–water partition coefficient (Wildman–Crippen LogP) is 5.11. The summed E-state index contributed by atoms with van der Waals surface area (Å²) in [4.78, 5) is 17.4. The van der Waals surface area contributed by atoms with E-state index >= 15 is 0 Å². The number of nitrogens with one attached hydrogen (secondary N) is 2. The molecule has 0 unspecified atom stereocenters. The highest BCUT2D eigenvalue weighted by Crippen LogP contribution is 2.28. The second-order valence-electron chi connectivity index (χ2n) is 5.25. The third kappa shape index (κ3) is 4.29. The lowest BCUT2D eigenvalue weighted by molar-refractivity contribution is 0.103. The molecule has 0 saturated heterocycles. The first-order chi connectivity index (χ1) is 12.0. The van der Waals surface area contributed by atoms with E-state index in [4.69, 9.17) is 16.3 Å². The Hall–Kier alpha value is -2.57. The van der Waals surface area contributed by atoms with Gasteiger partial charge in [-0.2, -0.15) is 0 Å². The highest BCUT2D eigenvalue weighted by atomic mass is 35.5. The van der Waals surface area contributed by atoms with Crippen LogP contribution in [0.25, 0.3) is 0 Å². The van der Waals surface area contributed by atoms with Crippen molar-refractivity contribution in [2.45, 2.75) is 6.92 Å². The Morgan fingerprint density at radius 3 is 2.68 bits per heavy atom. The van der Waals surface area contributed by atoms with Crippen LogP contribution >= 0.6 is 22.9 Å². The van der Waals surface area contributed by atoms with Crippen molar-refractivity contribution in [3.05, 3.63) is 64.1 Å². The van der Waals surface area contributed by atoms with Gasteiger partial charge in [-0.15, -0.1) is 0 Å². The monoisotopic (exact) mass is 373 g/mol. The van der Waals surface area contributed by atoms with E-state index in [1.807, 2.05) is 24.3 Å². The number of amides is 1. The summed E-state index contributed by atoms with van der Waals surface area (Å²) in [7, 11) is 1.62. The minimum absolute atomic E-state index is 0.212. The van der Waals surface area contributed by atoms with Crippen molar-refractivity contribution in [3.8, 4) is 5.75 Å². The van der Waals surface area contributed by atoms with E-state index in [2.05, 4.69) is 15.6 Å². The number of benzene rings is 2. The van der Waals surface area contributed by atoms with Gasteiger partial charge in [-0.05, 0) is 37.3 Å². The zero-order valence-corrected chi connectivity index (χ0v) is 15.2. The molecule has 0 fully saturated rings. The number of ether oxygens (including phenoxy) is 1. The number of hydrogen-bond acceptors (Lipinski definition) is 5. The first kappa shape index (κ1) is 17.3. The number of thiazole rings is 1. The van der Waals surface area contributed by atoms with Crippen LogP contribution in [-0.4, -0.2) is 18.0 Å². The smallest absolute Gasteiger partial charge is 0.267 e. The van der Waals surface area contributed by atoms with E-state index in [9.17, 15) is 4.79 Å². The number of aromatic nitrogens is 1. The van der Waals surface area contributed by atoms with Crippen molar-refractivity contribution in [1.29, 1.82) is 0 Å². The second kappa shape index (κ2) is 7.55. The van der Waals surface area contributed by atoms with Crippen LogP contribution < -0.4 is 15.4 Å². The van der Waals surface area contributed by atoms with Crippen LogP contribution in [0.2, 0.25) is 5.02 Å². The van der Waals surface area contributed by atoms with E-state index in [1.54, 1.807) is 38.3 Å². The molecule has 1 aromatic heterocycles. The summed E-state index contributed by atoms with van der Waals surface area (Å²) in [6.07, 6.45) is 0. The maximum atomic E-state index is 12.5. The van der Waals surface area contributed by atoms with Gasteiger partial charge in [0.05, 0.1) is 12.8 Å². The standard InChI is InChI=1S/C18H16ClN3O2S/c1-11-16(17(23)21-13-6-3-5-12(19)9-13)25-18(20-11)22-14-7-4-8-15(10-14)24-2/h3-10H,1-2H3,(H,20,22)(H,21,23). The van der Waals surface area contributed by atoms with Crippen molar-refractivity contribution in [2.24, 2.45) is 0 Å². The number of carbonyl (C=O) groups is 1. The molecule has 2 N–H and O–H groups in total. The van der Waals surface area contributed by atoms with Crippen LogP contribution in [0.1, 0.15) is 15.4 Å². The molecule has 3 aromatic rings. The molecule has 2 aromatic carbocycles. The Morgan fingerprint density at radius 2 is 1.92 bits per heavy atom. The molecule has 128 valence electrons. The molecule has 0 saturated carbocycles. The average Bonchev–Trinajstić information content (AvgIpc) is 2.95. The third-order valence-electron chi connectivity index (χ3n) is 3.41. The van der Waals surface area contributed by atoms with Gasteiger partial charge in [-0.1, -0.05) is 35.1 Å². The molecule has 0 radical (unpaired) electrons. The van der Waals surface area contributed by atoms with Crippen LogP contribution in [0.3, 0.4) is 0 Å². The van der Waals surface area contributed by atoms with Crippen LogP contribution in [0.5, 0.6) is 5.75 Å². The Bertz CT molecular complexity index is 911. The largest absolute Gasteiger partial charge is 0.497 e. The Labute approximate surface area is 154 Å². The lowest BCUT2D eigenvalue weighted by atomic mass is 10.3. The van der Waals surface area contributed by atoms with Crippen LogP contribution in [0, 0.1) is 6.92 Å². The van der Waals surface area contributed by atoms with E-state index in [-0.39, 0.29) is 5.91 Å². The average molecular weight is 374 g/mol. The minimum atomic E-state index is -0.212. The predicted molar refractivity (Wildman–Crippen MR) is 103 cm³/mol. The number of nitrogens with zero attached hydrogens (tertiary/aromatic N) is 1. The topological polar surface area (TPSA) is 63.2 Å². The zero-order chi connectivity index (χ0) is 17.8. The minimum Gasteiger partial charge on any atom is -0.497 e. The number of anilines is 3. The van der Waals surface area contributed by atoms with Gasteiger partial charge in [-0.25, -0.2) is 4.98 Å². The molecule has 25 heavy (non-hydrogen) atoms. The van der Waals surface area contributed by atoms with E-state index < -0.39 is 0 Å². The Kier molecular flexibility index (Phi) is 5.21. The van der Waals surface area contributed by atoms with Gasteiger partial charge in [-0.3, -0.25) is 4.79 Å². The molecule has 0 aliphatic heterocycles. The fourth-order valence-corrected chi connectivity index (χ4v) is 3.31. The molecule has 7 heteroatoms. The number of methoxy groups -OCH3 is 1. The fourth-order valence-electron chi connectivity index (χ4n) is 2.24. The molecule has 5 nitrogen and oxygen atoms in total. The van der Waals surface area contributed by atoms with Gasteiger partial charge in [0.15, 0.2) is 5.13 Å². The van der Waals surface area contributed by atoms with Crippen LogP contribution in [-0.2, 0) is 0 Å². The van der Waals surface area contributed by atoms with E-state index in [0.717, 1.165) is 11.4 Å².